The second-order valence-electron chi connectivity index (χ2n) is 2.17. The molecule has 0 rings (SSSR count). The molecule has 0 radical (unpaired) electrons. The van der Waals surface area contributed by atoms with Crippen LogP contribution >= 0.6 is 0 Å². The van der Waals surface area contributed by atoms with Crippen LogP contribution in [0.1, 0.15) is 6.92 Å². The summed E-state index contributed by atoms with van der Waals surface area (Å²) in [7, 11) is 3.58. The fourth-order valence-corrected chi connectivity index (χ4v) is 0.570. The Morgan fingerprint density at radius 1 is 1.60 bits per heavy atom. The number of nitrogens with zero attached hydrogens (tertiary/aromatic N) is 1. The summed E-state index contributed by atoms with van der Waals surface area (Å²) in [5.74, 6) is -0.938. The van der Waals surface area contributed by atoms with E-state index in [1.807, 2.05) is 0 Å². The number of allylic oxidation sites excluding steroid dienone is 1. The highest BCUT2D eigenvalue weighted by atomic mass is 16.4. The molecule has 10 heavy (non-hydrogen) atoms. The fourth-order valence-electron chi connectivity index (χ4n) is 0.570. The van der Waals surface area contributed by atoms with Gasteiger partial charge in [-0.1, -0.05) is 0 Å². The molecule has 0 amide bonds. The zero-order valence-corrected chi connectivity index (χ0v) is 6.38. The molecule has 0 aliphatic heterocycles. The molecule has 2 N–H and O–H groups in total. The Hall–Kier alpha value is -1.03. The van der Waals surface area contributed by atoms with E-state index in [-0.39, 0.29) is 0 Å². The van der Waals surface area contributed by atoms with Gasteiger partial charge in [0.1, 0.15) is 0 Å². The first kappa shape index (κ1) is 8.97. The average molecular weight is 144 g/mol. The van der Waals surface area contributed by atoms with Gasteiger partial charge in [-0.3, -0.25) is 0 Å². The first-order chi connectivity index (χ1) is 4.52. The van der Waals surface area contributed by atoms with E-state index in [2.05, 4.69) is 5.43 Å². The third-order valence-corrected chi connectivity index (χ3v) is 0.740. The molecule has 0 spiro atoms. The van der Waals surface area contributed by atoms with E-state index in [4.69, 9.17) is 5.11 Å². The van der Waals surface area contributed by atoms with E-state index >= 15 is 0 Å². The molecule has 0 heterocycles. The summed E-state index contributed by atoms with van der Waals surface area (Å²) in [4.78, 5) is 10.1. The summed E-state index contributed by atoms with van der Waals surface area (Å²) < 4.78 is 0. The lowest BCUT2D eigenvalue weighted by atomic mass is 10.4. The van der Waals surface area contributed by atoms with E-state index in [9.17, 15) is 4.79 Å². The predicted octanol–water partition coefficient (Wildman–Crippen LogP) is 0.0410. The van der Waals surface area contributed by atoms with Gasteiger partial charge in [0.05, 0.1) is 0 Å². The molecule has 58 valence electrons. The van der Waals surface area contributed by atoms with Crippen molar-refractivity contribution in [2.75, 3.05) is 14.1 Å². The summed E-state index contributed by atoms with van der Waals surface area (Å²) in [6.07, 6.45) is 1.11. The van der Waals surface area contributed by atoms with Gasteiger partial charge in [-0.15, -0.1) is 0 Å². The Kier molecular flexibility index (Phi) is 3.49. The van der Waals surface area contributed by atoms with Gasteiger partial charge in [0.2, 0.25) is 0 Å². The van der Waals surface area contributed by atoms with Crippen molar-refractivity contribution in [1.82, 2.24) is 10.4 Å². The predicted molar refractivity (Wildman–Crippen MR) is 38.2 cm³/mol. The van der Waals surface area contributed by atoms with Crippen molar-refractivity contribution < 1.29 is 9.90 Å². The zero-order chi connectivity index (χ0) is 8.15. The molecule has 0 aromatic carbocycles. The maximum absolute atomic E-state index is 10.1. The molecule has 0 aliphatic rings. The lowest BCUT2D eigenvalue weighted by molar-refractivity contribution is -0.131. The molecule has 0 aromatic rings. The van der Waals surface area contributed by atoms with Crippen LogP contribution in [-0.4, -0.2) is 30.2 Å². The molecule has 0 aromatic heterocycles. The lowest BCUT2D eigenvalue weighted by Gasteiger charge is -2.12. The maximum Gasteiger partial charge on any atom is 0.330 e. The summed E-state index contributed by atoms with van der Waals surface area (Å²) in [6.45, 7) is 1.69. The normalized spacial score (nSPS) is 11.8. The van der Waals surface area contributed by atoms with Crippen LogP contribution in [0.25, 0.3) is 0 Å². The SMILES string of the molecule is C/C(=C/C(=O)O)NN(C)C. The van der Waals surface area contributed by atoms with Gasteiger partial charge in [0, 0.05) is 25.9 Å². The molecule has 0 bridgehead atoms. The van der Waals surface area contributed by atoms with Crippen molar-refractivity contribution in [2.24, 2.45) is 0 Å². The Bertz CT molecular complexity index is 152. The van der Waals surface area contributed by atoms with Gasteiger partial charge in [-0.2, -0.15) is 0 Å². The minimum Gasteiger partial charge on any atom is -0.478 e. The third-order valence-electron chi connectivity index (χ3n) is 0.740. The van der Waals surface area contributed by atoms with Crippen molar-refractivity contribution in [3.63, 3.8) is 0 Å². The average Bonchev–Trinajstić information content (AvgIpc) is 1.58. The Morgan fingerprint density at radius 2 is 2.10 bits per heavy atom. The van der Waals surface area contributed by atoms with Crippen molar-refractivity contribution in [3.05, 3.63) is 11.8 Å². The molecular formula is C6H12N2O2. The second kappa shape index (κ2) is 3.90. The number of nitrogens with one attached hydrogen (secondary N) is 1. The van der Waals surface area contributed by atoms with Crippen LogP contribution in [-0.2, 0) is 4.79 Å². The van der Waals surface area contributed by atoms with Gasteiger partial charge in [-0.05, 0) is 6.92 Å². The van der Waals surface area contributed by atoms with E-state index < -0.39 is 5.97 Å². The van der Waals surface area contributed by atoms with Crippen LogP contribution in [0.4, 0.5) is 0 Å². The lowest BCUT2D eigenvalue weighted by Crippen LogP contribution is -2.28. The van der Waals surface area contributed by atoms with E-state index in [1.54, 1.807) is 26.0 Å². The van der Waals surface area contributed by atoms with E-state index in [1.165, 1.54) is 0 Å². The molecular weight excluding hydrogens is 132 g/mol. The Labute approximate surface area is 60.1 Å². The first-order valence-corrected chi connectivity index (χ1v) is 2.87. The molecule has 0 fully saturated rings. The molecule has 0 saturated heterocycles. The van der Waals surface area contributed by atoms with Crippen molar-refractivity contribution >= 4 is 5.97 Å². The highest BCUT2D eigenvalue weighted by molar-refractivity contribution is 5.80. The number of aliphatic carboxylic acids is 1. The van der Waals surface area contributed by atoms with Crippen LogP contribution in [0.2, 0.25) is 0 Å². The largest absolute Gasteiger partial charge is 0.478 e. The van der Waals surface area contributed by atoms with Crippen LogP contribution in [0.5, 0.6) is 0 Å². The second-order valence-corrected chi connectivity index (χ2v) is 2.17. The minimum atomic E-state index is -0.938. The van der Waals surface area contributed by atoms with E-state index in [0.717, 1.165) is 6.08 Å². The van der Waals surface area contributed by atoms with Gasteiger partial charge in [0.25, 0.3) is 0 Å². The molecule has 4 nitrogen and oxygen atoms in total. The first-order valence-electron chi connectivity index (χ1n) is 2.87. The number of carbonyl (C=O) groups is 1. The molecule has 0 unspecified atom stereocenters. The van der Waals surface area contributed by atoms with Gasteiger partial charge in [0.15, 0.2) is 0 Å². The molecule has 4 heteroatoms. The standard InChI is InChI=1S/C6H12N2O2/c1-5(4-6(9)10)7-8(2)3/h4,7H,1-3H3,(H,9,10)/b5-4-. The number of hydrogen-bond acceptors (Lipinski definition) is 3. The number of carboxylic acid groups (broad SMARTS) is 1. The van der Waals surface area contributed by atoms with Gasteiger partial charge < -0.3 is 10.5 Å². The maximum atomic E-state index is 10.1. The van der Waals surface area contributed by atoms with Crippen molar-refractivity contribution in [1.29, 1.82) is 0 Å². The fraction of sp³-hybridized carbons (Fsp3) is 0.500. The van der Waals surface area contributed by atoms with Crippen molar-refractivity contribution in [3.8, 4) is 0 Å². The summed E-state index contributed by atoms with van der Waals surface area (Å²) >= 11 is 0. The molecule has 0 saturated carbocycles. The number of carboxylic acids is 1. The highest BCUT2D eigenvalue weighted by Crippen LogP contribution is 1.85. The Morgan fingerprint density at radius 3 is 2.40 bits per heavy atom. The minimum absolute atomic E-state index is 0.609. The number of hydrazine groups is 1. The Balaban J connectivity index is 3.83. The molecule has 0 aliphatic carbocycles. The summed E-state index contributed by atoms with van der Waals surface area (Å²) in [5.41, 5.74) is 3.40. The third kappa shape index (κ3) is 5.11. The summed E-state index contributed by atoms with van der Waals surface area (Å²) in [5, 5.41) is 9.94. The highest BCUT2D eigenvalue weighted by Gasteiger charge is 1.92. The molecule has 0 atom stereocenters. The van der Waals surface area contributed by atoms with Crippen LogP contribution in [0.15, 0.2) is 11.8 Å². The van der Waals surface area contributed by atoms with Crippen LogP contribution in [0, 0.1) is 0 Å². The smallest absolute Gasteiger partial charge is 0.330 e. The monoisotopic (exact) mass is 144 g/mol. The van der Waals surface area contributed by atoms with Gasteiger partial charge in [-0.25, -0.2) is 9.80 Å². The van der Waals surface area contributed by atoms with E-state index in [0.29, 0.717) is 5.70 Å². The van der Waals surface area contributed by atoms with Gasteiger partial charge >= 0.3 is 5.97 Å². The van der Waals surface area contributed by atoms with Crippen LogP contribution in [0.3, 0.4) is 0 Å². The van der Waals surface area contributed by atoms with Crippen molar-refractivity contribution in [2.45, 2.75) is 6.92 Å². The van der Waals surface area contributed by atoms with Crippen LogP contribution < -0.4 is 5.43 Å². The summed E-state index contributed by atoms with van der Waals surface area (Å²) in [6, 6.07) is 0. The zero-order valence-electron chi connectivity index (χ0n) is 6.38. The number of rotatable bonds is 3. The number of hydrogen-bond donors (Lipinski definition) is 2. The topological polar surface area (TPSA) is 52.6 Å². The quantitative estimate of drug-likeness (QED) is 0.434.